The summed E-state index contributed by atoms with van der Waals surface area (Å²) in [5, 5.41) is 3.52. The van der Waals surface area contributed by atoms with Gasteiger partial charge in [-0.1, -0.05) is 6.07 Å². The Balaban J connectivity index is 2.23. The van der Waals surface area contributed by atoms with Gasteiger partial charge in [0.25, 0.3) is 0 Å². The van der Waals surface area contributed by atoms with E-state index in [1.807, 2.05) is 12.1 Å². The lowest BCUT2D eigenvalue weighted by molar-refractivity contribution is 0.627. The van der Waals surface area contributed by atoms with E-state index in [1.54, 1.807) is 12.1 Å². The van der Waals surface area contributed by atoms with Gasteiger partial charge in [0.15, 0.2) is 0 Å². The summed E-state index contributed by atoms with van der Waals surface area (Å²) in [6, 6.07) is 10.5. The molecule has 0 bridgehead atoms. The highest BCUT2D eigenvalue weighted by atomic mass is 19.1. The number of benzene rings is 1. The van der Waals surface area contributed by atoms with E-state index in [0.717, 1.165) is 28.3 Å². The van der Waals surface area contributed by atoms with E-state index in [9.17, 15) is 4.39 Å². The molecule has 0 radical (unpaired) electrons. The molecule has 22 heavy (non-hydrogen) atoms. The van der Waals surface area contributed by atoms with Gasteiger partial charge in [-0.2, -0.15) is 0 Å². The molecule has 0 aliphatic heterocycles. The first-order valence-corrected chi connectivity index (χ1v) is 7.36. The molecular weight excluding hydrogens is 277 g/mol. The summed E-state index contributed by atoms with van der Waals surface area (Å²) in [6.07, 6.45) is 2.06. The monoisotopic (exact) mass is 297 g/mol. The fourth-order valence-corrected chi connectivity index (χ4v) is 2.43. The number of halogens is 1. The summed E-state index contributed by atoms with van der Waals surface area (Å²) in [6.45, 7) is 8.38. The molecule has 3 nitrogen and oxygen atoms in total. The topological polar surface area (TPSA) is 29.3 Å². The van der Waals surface area contributed by atoms with Crippen molar-refractivity contribution >= 4 is 11.5 Å². The molecule has 0 saturated heterocycles. The Hall–Kier alpha value is -2.36. The van der Waals surface area contributed by atoms with E-state index >= 15 is 0 Å². The van der Waals surface area contributed by atoms with E-state index in [-0.39, 0.29) is 11.4 Å². The van der Waals surface area contributed by atoms with Gasteiger partial charge < -0.3 is 5.32 Å². The predicted molar refractivity (Wildman–Crippen MR) is 88.7 cm³/mol. The molecule has 3 aromatic rings. The van der Waals surface area contributed by atoms with Crippen LogP contribution in [0.1, 0.15) is 26.3 Å². The summed E-state index contributed by atoms with van der Waals surface area (Å²) in [5.41, 5.74) is 3.66. The molecule has 0 unspecified atom stereocenters. The number of hydrogen-bond acceptors (Lipinski definition) is 2. The van der Waals surface area contributed by atoms with Crippen molar-refractivity contribution in [3.8, 4) is 11.3 Å². The zero-order valence-corrected chi connectivity index (χ0v) is 13.3. The van der Waals surface area contributed by atoms with E-state index in [1.165, 1.54) is 12.1 Å². The number of nitrogens with zero attached hydrogens (tertiary/aromatic N) is 2. The number of anilines is 1. The molecular formula is C18H20FN3. The first-order valence-electron chi connectivity index (χ1n) is 7.36. The van der Waals surface area contributed by atoms with Crippen LogP contribution < -0.4 is 5.32 Å². The van der Waals surface area contributed by atoms with Gasteiger partial charge in [-0.15, -0.1) is 0 Å². The van der Waals surface area contributed by atoms with Crippen molar-refractivity contribution in [3.63, 3.8) is 0 Å². The van der Waals surface area contributed by atoms with Crippen molar-refractivity contribution in [1.29, 1.82) is 0 Å². The molecule has 3 rings (SSSR count). The number of imidazole rings is 1. The lowest BCUT2D eigenvalue weighted by atomic mass is 10.1. The Labute approximate surface area is 129 Å². The van der Waals surface area contributed by atoms with Crippen molar-refractivity contribution in [2.45, 2.75) is 33.2 Å². The second kappa shape index (κ2) is 5.13. The van der Waals surface area contributed by atoms with Crippen LogP contribution in [0.15, 0.2) is 42.6 Å². The molecule has 2 aromatic heterocycles. The fourth-order valence-electron chi connectivity index (χ4n) is 2.43. The standard InChI is InChI=1S/C18H20FN3/c1-12-5-10-15-20-16(13-6-8-14(19)9-7-13)17(22(15)11-12)21-18(2,3)4/h5-11,21H,1-4H3. The van der Waals surface area contributed by atoms with Gasteiger partial charge in [-0.25, -0.2) is 9.37 Å². The SMILES string of the molecule is Cc1ccc2nc(-c3ccc(F)cc3)c(NC(C)(C)C)n2c1. The molecule has 2 heterocycles. The maximum atomic E-state index is 13.2. The van der Waals surface area contributed by atoms with Crippen molar-refractivity contribution in [2.75, 3.05) is 5.32 Å². The molecule has 4 heteroatoms. The van der Waals surface area contributed by atoms with Crippen molar-refractivity contribution in [2.24, 2.45) is 0 Å². The van der Waals surface area contributed by atoms with Crippen molar-refractivity contribution < 1.29 is 4.39 Å². The third-order valence-corrected chi connectivity index (χ3v) is 3.38. The van der Waals surface area contributed by atoms with Crippen molar-refractivity contribution in [1.82, 2.24) is 9.38 Å². The minimum absolute atomic E-state index is 0.103. The Morgan fingerprint density at radius 2 is 1.73 bits per heavy atom. The Kier molecular flexibility index (Phi) is 3.39. The maximum Gasteiger partial charge on any atom is 0.139 e. The largest absolute Gasteiger partial charge is 0.365 e. The van der Waals surface area contributed by atoms with E-state index in [0.29, 0.717) is 0 Å². The number of fused-ring (bicyclic) bond motifs is 1. The van der Waals surface area contributed by atoms with Crippen LogP contribution in [0.3, 0.4) is 0 Å². The second-order valence-electron chi connectivity index (χ2n) is 6.63. The van der Waals surface area contributed by atoms with Gasteiger partial charge in [-0.3, -0.25) is 4.40 Å². The number of pyridine rings is 1. The average Bonchev–Trinajstić information content (AvgIpc) is 2.76. The lowest BCUT2D eigenvalue weighted by Gasteiger charge is -2.22. The molecule has 0 atom stereocenters. The maximum absolute atomic E-state index is 13.2. The molecule has 114 valence electrons. The van der Waals surface area contributed by atoms with Gasteiger partial charge in [0.2, 0.25) is 0 Å². The molecule has 0 amide bonds. The number of aryl methyl sites for hydroxylation is 1. The summed E-state index contributed by atoms with van der Waals surface area (Å²) in [4.78, 5) is 4.72. The minimum atomic E-state index is -0.242. The van der Waals surface area contributed by atoms with Crippen LogP contribution >= 0.6 is 0 Å². The zero-order valence-electron chi connectivity index (χ0n) is 13.3. The quantitative estimate of drug-likeness (QED) is 0.745. The first-order chi connectivity index (χ1) is 10.3. The van der Waals surface area contributed by atoms with Gasteiger partial charge in [-0.05, 0) is 63.6 Å². The predicted octanol–water partition coefficient (Wildman–Crippen LogP) is 4.66. The smallest absolute Gasteiger partial charge is 0.139 e. The summed E-state index contributed by atoms with van der Waals surface area (Å²) in [5.74, 6) is 0.687. The summed E-state index contributed by atoms with van der Waals surface area (Å²) in [7, 11) is 0. The lowest BCUT2D eigenvalue weighted by Crippen LogP contribution is -2.27. The Morgan fingerprint density at radius 1 is 1.05 bits per heavy atom. The number of aromatic nitrogens is 2. The molecule has 0 spiro atoms. The van der Waals surface area contributed by atoms with Crippen LogP contribution in [0.2, 0.25) is 0 Å². The van der Waals surface area contributed by atoms with E-state index < -0.39 is 0 Å². The fraction of sp³-hybridized carbons (Fsp3) is 0.278. The summed E-state index contributed by atoms with van der Waals surface area (Å²) >= 11 is 0. The normalized spacial score (nSPS) is 11.9. The van der Waals surface area contributed by atoms with E-state index in [2.05, 4.69) is 43.6 Å². The average molecular weight is 297 g/mol. The molecule has 0 saturated carbocycles. The number of hydrogen-bond donors (Lipinski definition) is 1. The highest BCUT2D eigenvalue weighted by Crippen LogP contribution is 2.31. The highest BCUT2D eigenvalue weighted by molar-refractivity contribution is 5.77. The van der Waals surface area contributed by atoms with Crippen LogP contribution in [0.25, 0.3) is 16.9 Å². The van der Waals surface area contributed by atoms with Crippen LogP contribution in [0.5, 0.6) is 0 Å². The van der Waals surface area contributed by atoms with Gasteiger partial charge in [0.1, 0.15) is 23.0 Å². The third-order valence-electron chi connectivity index (χ3n) is 3.38. The second-order valence-corrected chi connectivity index (χ2v) is 6.63. The third kappa shape index (κ3) is 2.82. The highest BCUT2D eigenvalue weighted by Gasteiger charge is 2.19. The molecule has 1 aromatic carbocycles. The molecule has 0 aliphatic rings. The van der Waals surface area contributed by atoms with Crippen LogP contribution in [-0.2, 0) is 0 Å². The minimum Gasteiger partial charge on any atom is -0.365 e. The van der Waals surface area contributed by atoms with Gasteiger partial charge in [0, 0.05) is 17.3 Å². The van der Waals surface area contributed by atoms with E-state index in [4.69, 9.17) is 4.98 Å². The Morgan fingerprint density at radius 3 is 2.36 bits per heavy atom. The molecule has 0 fully saturated rings. The van der Waals surface area contributed by atoms with Crippen LogP contribution in [-0.4, -0.2) is 14.9 Å². The Bertz CT molecular complexity index is 811. The van der Waals surface area contributed by atoms with Crippen LogP contribution in [0.4, 0.5) is 10.2 Å². The molecule has 1 N–H and O–H groups in total. The van der Waals surface area contributed by atoms with Crippen molar-refractivity contribution in [3.05, 3.63) is 54.0 Å². The first kappa shape index (κ1) is 14.6. The number of rotatable bonds is 2. The zero-order chi connectivity index (χ0) is 15.9. The van der Waals surface area contributed by atoms with Crippen LogP contribution in [0, 0.1) is 12.7 Å². The van der Waals surface area contributed by atoms with Gasteiger partial charge >= 0.3 is 0 Å². The number of nitrogens with one attached hydrogen (secondary N) is 1. The summed E-state index contributed by atoms with van der Waals surface area (Å²) < 4.78 is 15.2. The molecule has 0 aliphatic carbocycles. The van der Waals surface area contributed by atoms with Gasteiger partial charge in [0.05, 0.1) is 0 Å².